The molecule has 3 aliphatic heterocycles. The summed E-state index contributed by atoms with van der Waals surface area (Å²) in [5, 5.41) is 0. The maximum Gasteiger partial charge on any atom is 0.400 e. The van der Waals surface area contributed by atoms with E-state index in [1.807, 2.05) is 37.3 Å². The lowest BCUT2D eigenvalue weighted by molar-refractivity contribution is 0.189. The Kier molecular flexibility index (Phi) is 2.38. The number of hydrogen-bond acceptors (Lipinski definition) is 3. The summed E-state index contributed by atoms with van der Waals surface area (Å²) < 4.78 is 27.0. The van der Waals surface area contributed by atoms with E-state index in [0.29, 0.717) is 25.0 Å². The van der Waals surface area contributed by atoms with Gasteiger partial charge in [0.05, 0.1) is 6.04 Å². The maximum absolute atomic E-state index is 12.8. The van der Waals surface area contributed by atoms with Crippen LogP contribution in [0.4, 0.5) is 0 Å². The predicted molar refractivity (Wildman–Crippen MR) is 71.1 cm³/mol. The third-order valence-electron chi connectivity index (χ3n) is 3.90. The summed E-state index contributed by atoms with van der Waals surface area (Å²) in [6.45, 7) is 2.64. The molecule has 0 aliphatic carbocycles. The van der Waals surface area contributed by atoms with Gasteiger partial charge in [-0.05, 0) is 12.5 Å². The Balaban J connectivity index is 1.80. The Labute approximate surface area is 116 Å². The number of nitrogens with zero attached hydrogens (tertiary/aromatic N) is 2. The molecule has 1 unspecified atom stereocenters. The van der Waals surface area contributed by atoms with Crippen LogP contribution in [0.5, 0.6) is 0 Å². The maximum atomic E-state index is 12.8. The van der Waals surface area contributed by atoms with Crippen LogP contribution in [0.15, 0.2) is 42.1 Å². The van der Waals surface area contributed by atoms with Gasteiger partial charge in [-0.3, -0.25) is 0 Å². The second-order valence-corrected chi connectivity index (χ2v) is 7.10. The first kappa shape index (κ1) is 12.1. The molecule has 3 heterocycles. The molecule has 2 fully saturated rings. The highest BCUT2D eigenvalue weighted by Gasteiger charge is 2.59. The molecule has 0 bridgehead atoms. The number of benzene rings is 1. The van der Waals surface area contributed by atoms with E-state index in [-0.39, 0.29) is 12.1 Å². The lowest BCUT2D eigenvalue weighted by Gasteiger charge is -2.29. The molecule has 106 valence electrons. The van der Waals surface area contributed by atoms with Gasteiger partial charge in [-0.1, -0.05) is 30.3 Å². The summed E-state index contributed by atoms with van der Waals surface area (Å²) in [5.41, 5.74) is 0.964. The van der Waals surface area contributed by atoms with Gasteiger partial charge in [-0.25, -0.2) is 13.9 Å². The van der Waals surface area contributed by atoms with Crippen molar-refractivity contribution in [2.45, 2.75) is 19.0 Å². The van der Waals surface area contributed by atoms with Crippen molar-refractivity contribution < 1.29 is 18.9 Å². The zero-order chi connectivity index (χ0) is 13.9. The summed E-state index contributed by atoms with van der Waals surface area (Å²) in [7, 11) is -3.69. The molecule has 0 amide bonds. The average molecular weight is 294 g/mol. The van der Waals surface area contributed by atoms with Gasteiger partial charge < -0.3 is 14.4 Å². The summed E-state index contributed by atoms with van der Waals surface area (Å²) in [4.78, 5) is 10.5. The van der Waals surface area contributed by atoms with Crippen molar-refractivity contribution >= 4 is 7.67 Å². The van der Waals surface area contributed by atoms with E-state index < -0.39 is 7.67 Å². The number of rotatable bonds is 1. The molecule has 1 aromatic carbocycles. The smallest absolute Gasteiger partial charge is 0.400 e. The van der Waals surface area contributed by atoms with Crippen molar-refractivity contribution in [1.82, 2.24) is 9.34 Å². The molecule has 2 saturated heterocycles. The summed E-state index contributed by atoms with van der Waals surface area (Å²) in [6.07, 6.45) is 0. The first-order valence-corrected chi connectivity index (χ1v) is 8.14. The Morgan fingerprint density at radius 1 is 1.15 bits per heavy atom. The molecule has 1 aromatic rings. The molecular formula is C13H15N2O4P. The third kappa shape index (κ3) is 1.41. The normalized spacial score (nSPS) is 34.9. The minimum Gasteiger partial charge on any atom is -0.473 e. The second-order valence-electron chi connectivity index (χ2n) is 5.21. The highest BCUT2D eigenvalue weighted by molar-refractivity contribution is 7.53. The lowest BCUT2D eigenvalue weighted by Crippen LogP contribution is -2.27. The summed E-state index contributed by atoms with van der Waals surface area (Å²) in [5.74, 6) is 0.802. The Morgan fingerprint density at radius 2 is 1.80 bits per heavy atom. The van der Waals surface area contributed by atoms with Crippen LogP contribution in [0.1, 0.15) is 18.5 Å². The molecule has 0 aromatic heterocycles. The van der Waals surface area contributed by atoms with E-state index in [1.165, 1.54) is 9.34 Å². The third-order valence-corrected chi connectivity index (χ3v) is 6.06. The SMILES string of the molecule is C[C@H]1COC2=C3OC[C@H](c4ccccc4)N3P(=O)(O)N21. The molecule has 3 atom stereocenters. The van der Waals surface area contributed by atoms with Crippen LogP contribution in [-0.2, 0) is 14.0 Å². The van der Waals surface area contributed by atoms with Gasteiger partial charge in [0.2, 0.25) is 0 Å². The molecule has 0 saturated carbocycles. The van der Waals surface area contributed by atoms with E-state index in [9.17, 15) is 9.46 Å². The number of hydrogen-bond donors (Lipinski definition) is 1. The van der Waals surface area contributed by atoms with Crippen LogP contribution in [0.2, 0.25) is 0 Å². The van der Waals surface area contributed by atoms with Crippen LogP contribution in [-0.4, -0.2) is 33.5 Å². The quantitative estimate of drug-likeness (QED) is 0.800. The first-order valence-electron chi connectivity index (χ1n) is 6.57. The molecule has 7 heteroatoms. The van der Waals surface area contributed by atoms with Gasteiger partial charge in [0.15, 0.2) is 0 Å². The van der Waals surface area contributed by atoms with Crippen LogP contribution in [0, 0.1) is 0 Å². The fourth-order valence-electron chi connectivity index (χ4n) is 2.98. The van der Waals surface area contributed by atoms with Gasteiger partial charge in [0.25, 0.3) is 11.8 Å². The van der Waals surface area contributed by atoms with E-state index in [2.05, 4.69) is 0 Å². The van der Waals surface area contributed by atoms with Crippen molar-refractivity contribution in [3.05, 3.63) is 47.7 Å². The van der Waals surface area contributed by atoms with E-state index in [4.69, 9.17) is 9.47 Å². The molecule has 4 rings (SSSR count). The van der Waals surface area contributed by atoms with Gasteiger partial charge in [0, 0.05) is 0 Å². The van der Waals surface area contributed by atoms with Gasteiger partial charge in [0.1, 0.15) is 19.3 Å². The molecule has 6 nitrogen and oxygen atoms in total. The van der Waals surface area contributed by atoms with Gasteiger partial charge in [-0.15, -0.1) is 0 Å². The number of fused-ring (bicyclic) bond motifs is 2. The van der Waals surface area contributed by atoms with Crippen LogP contribution >= 0.6 is 7.67 Å². The van der Waals surface area contributed by atoms with Gasteiger partial charge >= 0.3 is 7.67 Å². The molecule has 3 aliphatic rings. The Bertz CT molecular complexity index is 633. The van der Waals surface area contributed by atoms with Crippen molar-refractivity contribution in [2.24, 2.45) is 0 Å². The molecule has 20 heavy (non-hydrogen) atoms. The van der Waals surface area contributed by atoms with E-state index in [1.54, 1.807) is 0 Å². The molecule has 0 radical (unpaired) electrons. The zero-order valence-corrected chi connectivity index (χ0v) is 11.9. The standard InChI is InChI=1S/C13H15N2O4P/c1-9-7-18-12-13-15(20(16,17)14(9)12)11(8-19-13)10-5-3-2-4-6-10/h2-6,9,11H,7-8H2,1H3,(H,16,17)/t9-,11+/m0/s1. The largest absolute Gasteiger partial charge is 0.473 e. The van der Waals surface area contributed by atoms with Crippen molar-refractivity contribution in [1.29, 1.82) is 0 Å². The van der Waals surface area contributed by atoms with Gasteiger partial charge in [-0.2, -0.15) is 0 Å². The first-order chi connectivity index (χ1) is 9.60. The Hall–Kier alpha value is -1.65. The predicted octanol–water partition coefficient (Wildman–Crippen LogP) is 2.02. The van der Waals surface area contributed by atoms with Crippen LogP contribution in [0.25, 0.3) is 0 Å². The topological polar surface area (TPSA) is 62.2 Å². The minimum atomic E-state index is -3.69. The molecule has 1 N–H and O–H groups in total. The minimum absolute atomic E-state index is 0.126. The fourth-order valence-corrected chi connectivity index (χ4v) is 5.09. The van der Waals surface area contributed by atoms with Crippen molar-refractivity contribution in [3.8, 4) is 0 Å². The van der Waals surface area contributed by atoms with Crippen molar-refractivity contribution in [3.63, 3.8) is 0 Å². The number of ether oxygens (including phenoxy) is 2. The summed E-state index contributed by atoms with van der Waals surface area (Å²) in [6, 6.07) is 9.25. The highest BCUT2D eigenvalue weighted by atomic mass is 31.2. The van der Waals surface area contributed by atoms with Crippen LogP contribution < -0.4 is 0 Å². The summed E-state index contributed by atoms with van der Waals surface area (Å²) >= 11 is 0. The van der Waals surface area contributed by atoms with E-state index >= 15 is 0 Å². The lowest BCUT2D eigenvalue weighted by atomic mass is 10.1. The molecular weight excluding hydrogens is 279 g/mol. The van der Waals surface area contributed by atoms with E-state index in [0.717, 1.165) is 5.56 Å². The zero-order valence-electron chi connectivity index (χ0n) is 11.0. The second kappa shape index (κ2) is 3.93. The average Bonchev–Trinajstić information content (AvgIpc) is 3.07. The highest BCUT2D eigenvalue weighted by Crippen LogP contribution is 2.67. The fraction of sp³-hybridized carbons (Fsp3) is 0.385. The van der Waals surface area contributed by atoms with Crippen LogP contribution in [0.3, 0.4) is 0 Å². The monoisotopic (exact) mass is 294 g/mol. The Morgan fingerprint density at radius 3 is 2.55 bits per heavy atom. The van der Waals surface area contributed by atoms with Crippen molar-refractivity contribution in [2.75, 3.05) is 13.2 Å². The molecule has 0 spiro atoms.